The van der Waals surface area contributed by atoms with Crippen molar-refractivity contribution in [1.82, 2.24) is 20.1 Å². The molecule has 6 nitrogen and oxygen atoms in total. The minimum Gasteiger partial charge on any atom is -0.355 e. The number of benzene rings is 1. The summed E-state index contributed by atoms with van der Waals surface area (Å²) in [4.78, 5) is 11.8. The normalized spacial score (nSPS) is 18.8. The van der Waals surface area contributed by atoms with Crippen molar-refractivity contribution in [3.63, 3.8) is 0 Å². The van der Waals surface area contributed by atoms with Crippen molar-refractivity contribution in [1.29, 1.82) is 0 Å². The maximum Gasteiger partial charge on any atom is 0.247 e. The standard InChI is InChI=1S/C20H26N6/c1-2-7-18(8-3-1)9-6-10-24-13-15-26(16-14-24)20-22-19(17-21-23-20)25-11-4-5-12-25/h1-3,6-9,17H,4-5,10-16H2/b9-6+. The molecule has 0 bridgehead atoms. The molecule has 0 N–H and O–H groups in total. The van der Waals surface area contributed by atoms with Crippen LogP contribution >= 0.6 is 0 Å². The zero-order valence-electron chi connectivity index (χ0n) is 15.2. The van der Waals surface area contributed by atoms with Crippen LogP contribution in [0.5, 0.6) is 0 Å². The molecular weight excluding hydrogens is 324 g/mol. The number of hydrogen-bond donors (Lipinski definition) is 0. The van der Waals surface area contributed by atoms with Crippen LogP contribution in [-0.2, 0) is 0 Å². The summed E-state index contributed by atoms with van der Waals surface area (Å²) in [6, 6.07) is 10.5. The van der Waals surface area contributed by atoms with Crippen LogP contribution in [0.2, 0.25) is 0 Å². The van der Waals surface area contributed by atoms with Gasteiger partial charge in [-0.1, -0.05) is 42.5 Å². The van der Waals surface area contributed by atoms with E-state index in [4.69, 9.17) is 4.98 Å². The second-order valence-electron chi connectivity index (χ2n) is 6.91. The summed E-state index contributed by atoms with van der Waals surface area (Å²) in [7, 11) is 0. The van der Waals surface area contributed by atoms with E-state index in [-0.39, 0.29) is 0 Å². The van der Waals surface area contributed by atoms with Crippen molar-refractivity contribution in [2.75, 3.05) is 55.6 Å². The van der Waals surface area contributed by atoms with Crippen LogP contribution in [-0.4, -0.2) is 65.9 Å². The number of aromatic nitrogens is 3. The molecule has 2 fully saturated rings. The summed E-state index contributed by atoms with van der Waals surface area (Å²) in [6.07, 6.45) is 8.72. The molecule has 2 saturated heterocycles. The monoisotopic (exact) mass is 350 g/mol. The zero-order chi connectivity index (χ0) is 17.6. The fraction of sp³-hybridized carbons (Fsp3) is 0.450. The fourth-order valence-electron chi connectivity index (χ4n) is 3.55. The van der Waals surface area contributed by atoms with Crippen LogP contribution in [0.15, 0.2) is 42.6 Å². The van der Waals surface area contributed by atoms with Crippen LogP contribution in [0, 0.1) is 0 Å². The molecule has 1 aromatic carbocycles. The lowest BCUT2D eigenvalue weighted by atomic mass is 10.2. The van der Waals surface area contributed by atoms with Gasteiger partial charge in [-0.15, -0.1) is 5.10 Å². The van der Waals surface area contributed by atoms with Crippen LogP contribution in [0.3, 0.4) is 0 Å². The topological polar surface area (TPSA) is 48.4 Å². The highest BCUT2D eigenvalue weighted by Gasteiger charge is 2.20. The zero-order valence-corrected chi connectivity index (χ0v) is 15.2. The molecule has 0 saturated carbocycles. The van der Waals surface area contributed by atoms with E-state index in [0.29, 0.717) is 0 Å². The number of anilines is 2. The molecule has 4 rings (SSSR count). The Morgan fingerprint density at radius 2 is 1.65 bits per heavy atom. The Hall–Kier alpha value is -2.47. The minimum absolute atomic E-state index is 0.772. The van der Waals surface area contributed by atoms with Gasteiger partial charge in [-0.2, -0.15) is 10.1 Å². The third-order valence-electron chi connectivity index (χ3n) is 5.09. The maximum absolute atomic E-state index is 4.75. The summed E-state index contributed by atoms with van der Waals surface area (Å²) >= 11 is 0. The van der Waals surface area contributed by atoms with Crippen molar-refractivity contribution < 1.29 is 0 Å². The summed E-state index contributed by atoms with van der Waals surface area (Å²) in [5.74, 6) is 1.75. The molecule has 0 radical (unpaired) electrons. The SMILES string of the molecule is C(=C\c1ccccc1)/CN1CCN(c2nncc(N3CCCC3)n2)CC1. The van der Waals surface area contributed by atoms with Gasteiger partial charge in [-0.05, 0) is 18.4 Å². The maximum atomic E-state index is 4.75. The minimum atomic E-state index is 0.772. The molecule has 0 unspecified atom stereocenters. The molecule has 136 valence electrons. The van der Waals surface area contributed by atoms with Crippen molar-refractivity contribution in [3.05, 3.63) is 48.2 Å². The molecule has 0 aliphatic carbocycles. The third kappa shape index (κ3) is 4.19. The first-order valence-corrected chi connectivity index (χ1v) is 9.52. The van der Waals surface area contributed by atoms with Gasteiger partial charge < -0.3 is 9.80 Å². The van der Waals surface area contributed by atoms with Gasteiger partial charge in [0.2, 0.25) is 5.95 Å². The quantitative estimate of drug-likeness (QED) is 0.825. The number of piperazine rings is 1. The highest BCUT2D eigenvalue weighted by atomic mass is 15.4. The van der Waals surface area contributed by atoms with Crippen LogP contribution < -0.4 is 9.80 Å². The number of rotatable bonds is 5. The van der Waals surface area contributed by atoms with Gasteiger partial charge in [0, 0.05) is 45.8 Å². The van der Waals surface area contributed by atoms with Gasteiger partial charge in [0.25, 0.3) is 0 Å². The second-order valence-corrected chi connectivity index (χ2v) is 6.91. The predicted octanol–water partition coefficient (Wildman–Crippen LogP) is 2.31. The van der Waals surface area contributed by atoms with Gasteiger partial charge in [-0.25, -0.2) is 0 Å². The van der Waals surface area contributed by atoms with Gasteiger partial charge in [0.15, 0.2) is 5.82 Å². The Morgan fingerprint density at radius 1 is 0.885 bits per heavy atom. The van der Waals surface area contributed by atoms with E-state index < -0.39 is 0 Å². The van der Waals surface area contributed by atoms with E-state index in [1.165, 1.54) is 18.4 Å². The highest BCUT2D eigenvalue weighted by molar-refractivity contribution is 5.48. The Bertz CT molecular complexity index is 718. The molecule has 2 aliphatic rings. The Morgan fingerprint density at radius 3 is 2.42 bits per heavy atom. The molecule has 3 heterocycles. The third-order valence-corrected chi connectivity index (χ3v) is 5.09. The van der Waals surface area contributed by atoms with Gasteiger partial charge in [0.05, 0.1) is 6.20 Å². The Labute approximate surface area is 155 Å². The Balaban J connectivity index is 1.29. The second kappa shape index (κ2) is 8.27. The van der Waals surface area contributed by atoms with Gasteiger partial charge in [0.1, 0.15) is 0 Å². The first-order valence-electron chi connectivity index (χ1n) is 9.52. The summed E-state index contributed by atoms with van der Waals surface area (Å²) in [5, 5.41) is 8.45. The molecule has 2 aliphatic heterocycles. The van der Waals surface area contributed by atoms with Crippen LogP contribution in [0.4, 0.5) is 11.8 Å². The molecule has 1 aromatic heterocycles. The fourth-order valence-corrected chi connectivity index (χ4v) is 3.55. The highest BCUT2D eigenvalue weighted by Crippen LogP contribution is 2.19. The lowest BCUT2D eigenvalue weighted by molar-refractivity contribution is 0.282. The summed E-state index contributed by atoms with van der Waals surface area (Å²) in [6.45, 7) is 7.09. The van der Waals surface area contributed by atoms with Crippen LogP contribution in [0.1, 0.15) is 18.4 Å². The van der Waals surface area contributed by atoms with Crippen molar-refractivity contribution in [3.8, 4) is 0 Å². The molecular formula is C20H26N6. The van der Waals surface area contributed by atoms with E-state index in [1.54, 1.807) is 6.20 Å². The molecule has 0 spiro atoms. The van der Waals surface area contributed by atoms with Gasteiger partial charge >= 0.3 is 0 Å². The molecule has 26 heavy (non-hydrogen) atoms. The van der Waals surface area contributed by atoms with Gasteiger partial charge in [-0.3, -0.25) is 4.90 Å². The Kier molecular flexibility index (Phi) is 5.40. The molecule has 6 heteroatoms. The smallest absolute Gasteiger partial charge is 0.247 e. The number of hydrogen-bond acceptors (Lipinski definition) is 6. The lowest BCUT2D eigenvalue weighted by Crippen LogP contribution is -2.47. The van der Waals surface area contributed by atoms with E-state index in [2.05, 4.69) is 61.3 Å². The summed E-state index contributed by atoms with van der Waals surface area (Å²) < 4.78 is 0. The first kappa shape index (κ1) is 17.0. The summed E-state index contributed by atoms with van der Waals surface area (Å²) in [5.41, 5.74) is 1.25. The van der Waals surface area contributed by atoms with E-state index in [0.717, 1.165) is 57.6 Å². The molecule has 2 aromatic rings. The number of nitrogens with zero attached hydrogens (tertiary/aromatic N) is 6. The van der Waals surface area contributed by atoms with E-state index in [1.807, 2.05) is 6.07 Å². The average Bonchev–Trinajstić information content (AvgIpc) is 3.24. The predicted molar refractivity (Wildman–Crippen MR) is 105 cm³/mol. The molecule has 0 amide bonds. The largest absolute Gasteiger partial charge is 0.355 e. The van der Waals surface area contributed by atoms with Crippen molar-refractivity contribution >= 4 is 17.8 Å². The van der Waals surface area contributed by atoms with E-state index >= 15 is 0 Å². The van der Waals surface area contributed by atoms with E-state index in [9.17, 15) is 0 Å². The lowest BCUT2D eigenvalue weighted by Gasteiger charge is -2.34. The average molecular weight is 350 g/mol. The first-order chi connectivity index (χ1) is 12.9. The van der Waals surface area contributed by atoms with Crippen molar-refractivity contribution in [2.45, 2.75) is 12.8 Å². The van der Waals surface area contributed by atoms with Crippen LogP contribution in [0.25, 0.3) is 6.08 Å². The van der Waals surface area contributed by atoms with Crippen molar-refractivity contribution in [2.24, 2.45) is 0 Å². The molecule has 0 atom stereocenters.